The molecule has 0 N–H and O–H groups in total. The summed E-state index contributed by atoms with van der Waals surface area (Å²) < 4.78 is 18.0. The molecule has 0 amide bonds. The Bertz CT molecular complexity index is 263. The van der Waals surface area contributed by atoms with E-state index in [4.69, 9.17) is 4.74 Å². The number of hydrogen-bond donors (Lipinski definition) is 1. The van der Waals surface area contributed by atoms with E-state index in [0.29, 0.717) is 18.1 Å². The fraction of sp³-hybridized carbons (Fsp3) is 0.333. The first-order chi connectivity index (χ1) is 5.77. The zero-order valence-electron chi connectivity index (χ0n) is 6.88. The Hall–Kier alpha value is -0.700. The van der Waals surface area contributed by atoms with Crippen molar-refractivity contribution < 1.29 is 9.13 Å². The molecule has 0 aliphatic heterocycles. The molecule has 0 bridgehead atoms. The summed E-state index contributed by atoms with van der Waals surface area (Å²) in [4.78, 5) is 0. The molecule has 3 heteroatoms. The Morgan fingerprint density at radius 1 is 1.50 bits per heavy atom. The fourth-order valence-electron chi connectivity index (χ4n) is 0.968. The van der Waals surface area contributed by atoms with Crippen LogP contribution in [-0.2, 0) is 5.75 Å². The standard InChI is InChI=1S/C9H11FOS/c1-2-11-9-4-3-8(10)5-7(9)6-12/h3-5,12H,2,6H2,1H3. The van der Waals surface area contributed by atoms with E-state index in [-0.39, 0.29) is 5.82 Å². The van der Waals surface area contributed by atoms with Gasteiger partial charge in [-0.05, 0) is 25.1 Å². The van der Waals surface area contributed by atoms with Crippen LogP contribution in [0.1, 0.15) is 12.5 Å². The molecule has 0 heterocycles. The second kappa shape index (κ2) is 4.36. The molecule has 1 aromatic rings. The molecule has 0 aromatic heterocycles. The smallest absolute Gasteiger partial charge is 0.123 e. The molecule has 0 fully saturated rings. The van der Waals surface area contributed by atoms with E-state index in [1.807, 2.05) is 6.92 Å². The molecular weight excluding hydrogens is 175 g/mol. The van der Waals surface area contributed by atoms with Crippen LogP contribution in [0.15, 0.2) is 18.2 Å². The highest BCUT2D eigenvalue weighted by Crippen LogP contribution is 2.21. The summed E-state index contributed by atoms with van der Waals surface area (Å²) in [5, 5.41) is 0. The first kappa shape index (κ1) is 9.39. The highest BCUT2D eigenvalue weighted by Gasteiger charge is 2.02. The average Bonchev–Trinajstić information content (AvgIpc) is 2.08. The number of hydrogen-bond acceptors (Lipinski definition) is 2. The molecule has 0 saturated heterocycles. The normalized spacial score (nSPS) is 9.92. The molecular formula is C9H11FOS. The molecule has 0 spiro atoms. The van der Waals surface area contributed by atoms with Gasteiger partial charge in [-0.15, -0.1) is 0 Å². The van der Waals surface area contributed by atoms with Crippen LogP contribution in [0.5, 0.6) is 5.75 Å². The average molecular weight is 186 g/mol. The van der Waals surface area contributed by atoms with Gasteiger partial charge in [0.1, 0.15) is 11.6 Å². The number of rotatable bonds is 3. The predicted octanol–water partition coefficient (Wildman–Crippen LogP) is 2.65. The highest BCUT2D eigenvalue weighted by molar-refractivity contribution is 7.79. The van der Waals surface area contributed by atoms with Crippen LogP contribution in [0, 0.1) is 5.82 Å². The van der Waals surface area contributed by atoms with Crippen LogP contribution in [0.25, 0.3) is 0 Å². The fourth-order valence-corrected chi connectivity index (χ4v) is 1.22. The van der Waals surface area contributed by atoms with Crippen molar-refractivity contribution in [1.29, 1.82) is 0 Å². The van der Waals surface area contributed by atoms with Gasteiger partial charge >= 0.3 is 0 Å². The van der Waals surface area contributed by atoms with Crippen molar-refractivity contribution in [3.63, 3.8) is 0 Å². The zero-order chi connectivity index (χ0) is 8.97. The van der Waals surface area contributed by atoms with E-state index >= 15 is 0 Å². The predicted molar refractivity (Wildman–Crippen MR) is 50.3 cm³/mol. The molecule has 1 aromatic carbocycles. The molecule has 66 valence electrons. The Morgan fingerprint density at radius 3 is 2.83 bits per heavy atom. The van der Waals surface area contributed by atoms with Gasteiger partial charge in [-0.1, -0.05) is 0 Å². The SMILES string of the molecule is CCOc1ccc(F)cc1CS. The summed E-state index contributed by atoms with van der Waals surface area (Å²) in [7, 11) is 0. The molecule has 0 unspecified atom stereocenters. The van der Waals surface area contributed by atoms with Crippen molar-refractivity contribution in [1.82, 2.24) is 0 Å². The lowest BCUT2D eigenvalue weighted by Gasteiger charge is -2.07. The Kier molecular flexibility index (Phi) is 3.41. The molecule has 0 atom stereocenters. The molecule has 0 aliphatic rings. The van der Waals surface area contributed by atoms with Gasteiger partial charge in [0.2, 0.25) is 0 Å². The van der Waals surface area contributed by atoms with Crippen molar-refractivity contribution in [2.24, 2.45) is 0 Å². The van der Waals surface area contributed by atoms with Gasteiger partial charge in [0.05, 0.1) is 6.61 Å². The lowest BCUT2D eigenvalue weighted by atomic mass is 10.2. The van der Waals surface area contributed by atoms with Crippen LogP contribution in [0.3, 0.4) is 0 Å². The topological polar surface area (TPSA) is 9.23 Å². The quantitative estimate of drug-likeness (QED) is 0.714. The van der Waals surface area contributed by atoms with Gasteiger partial charge in [-0.25, -0.2) is 4.39 Å². The lowest BCUT2D eigenvalue weighted by molar-refractivity contribution is 0.337. The molecule has 1 rings (SSSR count). The van der Waals surface area contributed by atoms with Crippen LogP contribution < -0.4 is 4.74 Å². The number of ether oxygens (including phenoxy) is 1. The summed E-state index contributed by atoms with van der Waals surface area (Å²) in [5.74, 6) is 0.962. The largest absolute Gasteiger partial charge is 0.494 e. The maximum Gasteiger partial charge on any atom is 0.123 e. The highest BCUT2D eigenvalue weighted by atomic mass is 32.1. The Morgan fingerprint density at radius 2 is 2.25 bits per heavy atom. The van der Waals surface area contributed by atoms with E-state index in [0.717, 1.165) is 5.56 Å². The van der Waals surface area contributed by atoms with E-state index in [2.05, 4.69) is 12.6 Å². The summed E-state index contributed by atoms with van der Waals surface area (Å²) >= 11 is 4.07. The first-order valence-electron chi connectivity index (χ1n) is 3.80. The Labute approximate surface area is 77.0 Å². The van der Waals surface area contributed by atoms with Crippen LogP contribution in [-0.4, -0.2) is 6.61 Å². The number of benzene rings is 1. The third kappa shape index (κ3) is 2.14. The van der Waals surface area contributed by atoms with Crippen LogP contribution in [0.2, 0.25) is 0 Å². The second-order valence-electron chi connectivity index (χ2n) is 2.34. The van der Waals surface area contributed by atoms with Crippen molar-refractivity contribution in [2.75, 3.05) is 6.61 Å². The Balaban J connectivity index is 2.94. The molecule has 12 heavy (non-hydrogen) atoms. The lowest BCUT2D eigenvalue weighted by Crippen LogP contribution is -1.95. The van der Waals surface area contributed by atoms with Gasteiger partial charge in [0, 0.05) is 11.3 Å². The number of halogens is 1. The maximum absolute atomic E-state index is 12.7. The molecule has 0 aliphatic carbocycles. The van der Waals surface area contributed by atoms with E-state index < -0.39 is 0 Å². The van der Waals surface area contributed by atoms with Crippen molar-refractivity contribution in [3.8, 4) is 5.75 Å². The van der Waals surface area contributed by atoms with Crippen LogP contribution in [0.4, 0.5) is 4.39 Å². The van der Waals surface area contributed by atoms with Gasteiger partial charge in [0.15, 0.2) is 0 Å². The zero-order valence-corrected chi connectivity index (χ0v) is 7.77. The van der Waals surface area contributed by atoms with Gasteiger partial charge in [0.25, 0.3) is 0 Å². The van der Waals surface area contributed by atoms with E-state index in [9.17, 15) is 4.39 Å². The second-order valence-corrected chi connectivity index (χ2v) is 2.66. The third-order valence-corrected chi connectivity index (χ3v) is 1.83. The molecule has 0 radical (unpaired) electrons. The minimum Gasteiger partial charge on any atom is -0.494 e. The van der Waals surface area contributed by atoms with Gasteiger partial charge in [-0.3, -0.25) is 0 Å². The third-order valence-electron chi connectivity index (χ3n) is 1.49. The summed E-state index contributed by atoms with van der Waals surface area (Å²) in [6.45, 7) is 2.48. The van der Waals surface area contributed by atoms with Crippen molar-refractivity contribution >= 4 is 12.6 Å². The molecule has 0 saturated carbocycles. The summed E-state index contributed by atoms with van der Waals surface area (Å²) in [6.07, 6.45) is 0. The van der Waals surface area contributed by atoms with Crippen molar-refractivity contribution in [2.45, 2.75) is 12.7 Å². The molecule has 1 nitrogen and oxygen atoms in total. The summed E-state index contributed by atoms with van der Waals surface area (Å²) in [6, 6.07) is 4.46. The van der Waals surface area contributed by atoms with Crippen LogP contribution >= 0.6 is 12.6 Å². The van der Waals surface area contributed by atoms with E-state index in [1.54, 1.807) is 6.07 Å². The first-order valence-corrected chi connectivity index (χ1v) is 4.43. The number of thiol groups is 1. The van der Waals surface area contributed by atoms with Gasteiger partial charge < -0.3 is 4.74 Å². The van der Waals surface area contributed by atoms with Crippen molar-refractivity contribution in [3.05, 3.63) is 29.6 Å². The summed E-state index contributed by atoms with van der Waals surface area (Å²) in [5.41, 5.74) is 0.792. The minimum absolute atomic E-state index is 0.248. The minimum atomic E-state index is -0.248. The maximum atomic E-state index is 12.7. The van der Waals surface area contributed by atoms with E-state index in [1.165, 1.54) is 12.1 Å². The van der Waals surface area contributed by atoms with Gasteiger partial charge in [-0.2, -0.15) is 12.6 Å². The monoisotopic (exact) mass is 186 g/mol.